The van der Waals surface area contributed by atoms with Crippen LogP contribution in [0.15, 0.2) is 16.5 Å². The van der Waals surface area contributed by atoms with Crippen LogP contribution in [0.5, 0.6) is 0 Å². The standard InChI is InChI=1S/C11H16N2O5/c1-16-6-8(12)10(14)13-5-7-3-4-9(18-7)11(15)17-2/h3-4,8H,5-6,12H2,1-2H3,(H,13,14). The number of hydrogen-bond donors (Lipinski definition) is 2. The Morgan fingerprint density at radius 2 is 2.17 bits per heavy atom. The number of amides is 1. The molecule has 1 unspecified atom stereocenters. The van der Waals surface area contributed by atoms with Crippen LogP contribution in [-0.2, 0) is 20.8 Å². The van der Waals surface area contributed by atoms with Crippen LogP contribution in [0.25, 0.3) is 0 Å². The summed E-state index contributed by atoms with van der Waals surface area (Å²) in [7, 11) is 2.72. The molecule has 100 valence electrons. The first-order valence-corrected chi connectivity index (χ1v) is 5.27. The van der Waals surface area contributed by atoms with Gasteiger partial charge in [0, 0.05) is 7.11 Å². The van der Waals surface area contributed by atoms with Gasteiger partial charge in [-0.2, -0.15) is 0 Å². The van der Waals surface area contributed by atoms with Crippen molar-refractivity contribution < 1.29 is 23.5 Å². The Hall–Kier alpha value is -1.86. The molecule has 18 heavy (non-hydrogen) atoms. The van der Waals surface area contributed by atoms with Crippen molar-refractivity contribution in [2.24, 2.45) is 5.73 Å². The number of ether oxygens (including phenoxy) is 2. The summed E-state index contributed by atoms with van der Waals surface area (Å²) < 4.78 is 14.4. The summed E-state index contributed by atoms with van der Waals surface area (Å²) in [5, 5.41) is 2.56. The Bertz CT molecular complexity index is 415. The van der Waals surface area contributed by atoms with E-state index < -0.39 is 12.0 Å². The van der Waals surface area contributed by atoms with Gasteiger partial charge in [0.25, 0.3) is 0 Å². The fraction of sp³-hybridized carbons (Fsp3) is 0.455. The lowest BCUT2D eigenvalue weighted by Gasteiger charge is -2.09. The molecule has 1 aromatic heterocycles. The van der Waals surface area contributed by atoms with Crippen molar-refractivity contribution in [3.05, 3.63) is 23.7 Å². The normalized spacial score (nSPS) is 11.9. The van der Waals surface area contributed by atoms with Crippen LogP contribution in [0.4, 0.5) is 0 Å². The van der Waals surface area contributed by atoms with Crippen LogP contribution in [0.3, 0.4) is 0 Å². The molecule has 7 heteroatoms. The number of nitrogens with two attached hydrogens (primary N) is 1. The summed E-state index contributed by atoms with van der Waals surface area (Å²) >= 11 is 0. The van der Waals surface area contributed by atoms with Gasteiger partial charge in [-0.25, -0.2) is 4.79 Å². The SMILES string of the molecule is COCC(N)C(=O)NCc1ccc(C(=O)OC)o1. The van der Waals surface area contributed by atoms with Gasteiger partial charge >= 0.3 is 5.97 Å². The first-order chi connectivity index (χ1) is 8.58. The number of carbonyl (C=O) groups excluding carboxylic acids is 2. The molecule has 1 rings (SSSR count). The number of furan rings is 1. The smallest absolute Gasteiger partial charge is 0.373 e. The fourth-order valence-electron chi connectivity index (χ4n) is 1.24. The van der Waals surface area contributed by atoms with E-state index in [4.69, 9.17) is 14.9 Å². The van der Waals surface area contributed by atoms with E-state index >= 15 is 0 Å². The maximum atomic E-state index is 11.5. The zero-order chi connectivity index (χ0) is 13.5. The van der Waals surface area contributed by atoms with Crippen molar-refractivity contribution in [1.29, 1.82) is 0 Å². The molecule has 0 aliphatic rings. The van der Waals surface area contributed by atoms with E-state index in [9.17, 15) is 9.59 Å². The summed E-state index contributed by atoms with van der Waals surface area (Å²) in [6.45, 7) is 0.282. The minimum Gasteiger partial charge on any atom is -0.463 e. The molecule has 3 N–H and O–H groups in total. The first kappa shape index (κ1) is 14.2. The fourth-order valence-corrected chi connectivity index (χ4v) is 1.24. The van der Waals surface area contributed by atoms with Crippen molar-refractivity contribution in [3.63, 3.8) is 0 Å². The molecule has 1 aromatic rings. The van der Waals surface area contributed by atoms with Gasteiger partial charge in [0.1, 0.15) is 11.8 Å². The zero-order valence-electron chi connectivity index (χ0n) is 10.3. The van der Waals surface area contributed by atoms with Gasteiger partial charge < -0.3 is 24.9 Å². The van der Waals surface area contributed by atoms with Crippen LogP contribution in [0.2, 0.25) is 0 Å². The van der Waals surface area contributed by atoms with E-state index in [2.05, 4.69) is 10.1 Å². The average Bonchev–Trinajstić information content (AvgIpc) is 2.84. The maximum absolute atomic E-state index is 11.5. The van der Waals surface area contributed by atoms with Crippen LogP contribution < -0.4 is 11.1 Å². The number of rotatable bonds is 6. The Kier molecular flexibility index (Phi) is 5.34. The average molecular weight is 256 g/mol. The molecule has 1 atom stereocenters. The van der Waals surface area contributed by atoms with Crippen molar-refractivity contribution in [2.75, 3.05) is 20.8 Å². The van der Waals surface area contributed by atoms with Crippen molar-refractivity contribution in [2.45, 2.75) is 12.6 Å². The molecule has 0 bridgehead atoms. The molecule has 1 amide bonds. The largest absolute Gasteiger partial charge is 0.463 e. The van der Waals surface area contributed by atoms with Gasteiger partial charge in [0.2, 0.25) is 11.7 Å². The van der Waals surface area contributed by atoms with E-state index in [1.807, 2.05) is 0 Å². The molecule has 7 nitrogen and oxygen atoms in total. The second kappa shape index (κ2) is 6.77. The number of esters is 1. The lowest BCUT2D eigenvalue weighted by atomic mass is 10.3. The zero-order valence-corrected chi connectivity index (χ0v) is 10.3. The van der Waals surface area contributed by atoms with Gasteiger partial charge in [0.05, 0.1) is 20.3 Å². The third-order valence-electron chi connectivity index (χ3n) is 2.17. The highest BCUT2D eigenvalue weighted by Crippen LogP contribution is 2.08. The maximum Gasteiger partial charge on any atom is 0.373 e. The summed E-state index contributed by atoms with van der Waals surface area (Å²) in [6, 6.07) is 2.32. The first-order valence-electron chi connectivity index (χ1n) is 5.27. The third-order valence-corrected chi connectivity index (χ3v) is 2.17. The van der Waals surface area contributed by atoms with Crippen LogP contribution in [0, 0.1) is 0 Å². The molecule has 0 aromatic carbocycles. The van der Waals surface area contributed by atoms with E-state index in [0.717, 1.165) is 0 Å². The van der Waals surface area contributed by atoms with Gasteiger partial charge in [-0.05, 0) is 12.1 Å². The Labute approximate surface area is 104 Å². The number of carbonyl (C=O) groups is 2. The highest BCUT2D eigenvalue weighted by atomic mass is 16.5. The molecule has 0 saturated heterocycles. The van der Waals surface area contributed by atoms with Crippen LogP contribution in [0.1, 0.15) is 16.3 Å². The van der Waals surface area contributed by atoms with E-state index in [1.54, 1.807) is 6.07 Å². The minimum atomic E-state index is -0.731. The summed E-state index contributed by atoms with van der Waals surface area (Å²) in [5.41, 5.74) is 5.53. The topological polar surface area (TPSA) is 104 Å². The molecular weight excluding hydrogens is 240 g/mol. The molecule has 0 fully saturated rings. The van der Waals surface area contributed by atoms with Crippen molar-refractivity contribution in [3.8, 4) is 0 Å². The second-order valence-electron chi connectivity index (χ2n) is 3.54. The van der Waals surface area contributed by atoms with E-state index in [0.29, 0.717) is 5.76 Å². The highest BCUT2D eigenvalue weighted by molar-refractivity contribution is 5.86. The van der Waals surface area contributed by atoms with Crippen molar-refractivity contribution in [1.82, 2.24) is 5.32 Å². The monoisotopic (exact) mass is 256 g/mol. The van der Waals surface area contributed by atoms with E-state index in [-0.39, 0.29) is 24.8 Å². The molecule has 0 aliphatic carbocycles. The van der Waals surface area contributed by atoms with Gasteiger partial charge in [0.15, 0.2) is 0 Å². The van der Waals surface area contributed by atoms with Crippen molar-refractivity contribution >= 4 is 11.9 Å². The quantitative estimate of drug-likeness (QED) is 0.674. The lowest BCUT2D eigenvalue weighted by molar-refractivity contribution is -0.123. The van der Waals surface area contributed by atoms with Crippen LogP contribution >= 0.6 is 0 Å². The molecule has 0 radical (unpaired) electrons. The predicted octanol–water partition coefficient (Wildman–Crippen LogP) is -0.344. The molecular formula is C11H16N2O5. The number of hydrogen-bond acceptors (Lipinski definition) is 6. The van der Waals surface area contributed by atoms with Gasteiger partial charge in [-0.1, -0.05) is 0 Å². The molecule has 0 saturated carbocycles. The number of methoxy groups -OCH3 is 2. The van der Waals surface area contributed by atoms with Gasteiger partial charge in [-0.15, -0.1) is 0 Å². The second-order valence-corrected chi connectivity index (χ2v) is 3.54. The Balaban J connectivity index is 2.46. The molecule has 0 spiro atoms. The highest BCUT2D eigenvalue weighted by Gasteiger charge is 2.14. The molecule has 1 heterocycles. The predicted molar refractivity (Wildman–Crippen MR) is 61.7 cm³/mol. The lowest BCUT2D eigenvalue weighted by Crippen LogP contribution is -2.43. The van der Waals surface area contributed by atoms with E-state index in [1.165, 1.54) is 20.3 Å². The molecule has 0 aliphatic heterocycles. The summed E-state index contributed by atoms with van der Waals surface area (Å²) in [4.78, 5) is 22.6. The summed E-state index contributed by atoms with van der Waals surface area (Å²) in [5.74, 6) is -0.396. The number of nitrogens with one attached hydrogen (secondary N) is 1. The van der Waals surface area contributed by atoms with Gasteiger partial charge in [-0.3, -0.25) is 4.79 Å². The third kappa shape index (κ3) is 3.86. The Morgan fingerprint density at radius 1 is 1.44 bits per heavy atom. The Morgan fingerprint density at radius 3 is 2.78 bits per heavy atom. The minimum absolute atomic E-state index is 0.0861. The van der Waals surface area contributed by atoms with Crippen LogP contribution in [-0.4, -0.2) is 38.7 Å². The summed E-state index contributed by atoms with van der Waals surface area (Å²) in [6.07, 6.45) is 0.